The predicted octanol–water partition coefficient (Wildman–Crippen LogP) is 3.58. The Morgan fingerprint density at radius 2 is 2.31 bits per heavy atom. The van der Waals surface area contributed by atoms with Crippen molar-refractivity contribution in [3.05, 3.63) is 39.6 Å². The first kappa shape index (κ1) is 11.8. The summed E-state index contributed by atoms with van der Waals surface area (Å²) < 4.78 is 0.646. The lowest BCUT2D eigenvalue weighted by Crippen LogP contribution is -2.18. The van der Waals surface area contributed by atoms with E-state index in [9.17, 15) is 4.79 Å². The number of ketones is 1. The third-order valence-electron chi connectivity index (χ3n) is 2.70. The molecule has 1 heterocycles. The number of carbonyl (C=O) groups excluding carboxylic acids is 1. The molecular weight excluding hydrogens is 289 g/mol. The molecule has 0 saturated heterocycles. The van der Waals surface area contributed by atoms with E-state index in [0.29, 0.717) is 21.8 Å². The SMILES string of the molecule is O=C1CC=CCC1Cc1cnc(Br)c(Cl)c1. The van der Waals surface area contributed by atoms with E-state index in [1.165, 1.54) is 0 Å². The van der Waals surface area contributed by atoms with Crippen LogP contribution in [0.3, 0.4) is 0 Å². The minimum atomic E-state index is 0.0871. The van der Waals surface area contributed by atoms with E-state index in [-0.39, 0.29) is 5.92 Å². The average Bonchev–Trinajstić information content (AvgIpc) is 2.27. The number of hydrogen-bond acceptors (Lipinski definition) is 2. The molecule has 1 atom stereocenters. The van der Waals surface area contributed by atoms with Crippen LogP contribution in [-0.4, -0.2) is 10.8 Å². The number of carbonyl (C=O) groups is 1. The van der Waals surface area contributed by atoms with Gasteiger partial charge in [0.15, 0.2) is 0 Å². The van der Waals surface area contributed by atoms with Gasteiger partial charge in [-0.1, -0.05) is 23.8 Å². The minimum absolute atomic E-state index is 0.0871. The van der Waals surface area contributed by atoms with Gasteiger partial charge in [0.25, 0.3) is 0 Å². The van der Waals surface area contributed by atoms with Crippen molar-refractivity contribution in [3.63, 3.8) is 0 Å². The quantitative estimate of drug-likeness (QED) is 0.617. The van der Waals surface area contributed by atoms with Crippen molar-refractivity contribution < 1.29 is 4.79 Å². The van der Waals surface area contributed by atoms with Crippen LogP contribution in [0.1, 0.15) is 18.4 Å². The van der Waals surface area contributed by atoms with Gasteiger partial charge >= 0.3 is 0 Å². The summed E-state index contributed by atoms with van der Waals surface area (Å²) in [6.45, 7) is 0. The summed E-state index contributed by atoms with van der Waals surface area (Å²) in [5.41, 5.74) is 1.02. The van der Waals surface area contributed by atoms with Gasteiger partial charge in [0.05, 0.1) is 5.02 Å². The molecule has 84 valence electrons. The highest BCUT2D eigenvalue weighted by Gasteiger charge is 2.19. The number of Topliss-reactive ketones (excluding diaryl/α,β-unsaturated/α-hetero) is 1. The molecule has 2 rings (SSSR count). The fraction of sp³-hybridized carbons (Fsp3) is 0.333. The Morgan fingerprint density at radius 3 is 3.00 bits per heavy atom. The van der Waals surface area contributed by atoms with E-state index in [1.54, 1.807) is 6.20 Å². The molecule has 0 fully saturated rings. The molecule has 1 unspecified atom stereocenters. The smallest absolute Gasteiger partial charge is 0.140 e. The summed E-state index contributed by atoms with van der Waals surface area (Å²) in [6, 6.07) is 1.87. The zero-order valence-electron chi connectivity index (χ0n) is 8.62. The molecule has 1 aromatic heterocycles. The van der Waals surface area contributed by atoms with Crippen molar-refractivity contribution in [2.75, 3.05) is 0 Å². The van der Waals surface area contributed by atoms with Gasteiger partial charge in [-0.2, -0.15) is 0 Å². The van der Waals surface area contributed by atoms with Gasteiger partial charge in [0, 0.05) is 18.5 Å². The molecule has 0 spiro atoms. The number of pyridine rings is 1. The molecule has 16 heavy (non-hydrogen) atoms. The minimum Gasteiger partial charge on any atom is -0.299 e. The Bertz CT molecular complexity index is 445. The fourth-order valence-corrected chi connectivity index (χ4v) is 2.22. The second-order valence-electron chi connectivity index (χ2n) is 3.89. The lowest BCUT2D eigenvalue weighted by atomic mass is 9.88. The van der Waals surface area contributed by atoms with Gasteiger partial charge in [-0.15, -0.1) is 0 Å². The second-order valence-corrected chi connectivity index (χ2v) is 5.05. The average molecular weight is 301 g/mol. The van der Waals surface area contributed by atoms with Crippen LogP contribution in [0, 0.1) is 5.92 Å². The molecule has 0 radical (unpaired) electrons. The first-order chi connectivity index (χ1) is 7.66. The topological polar surface area (TPSA) is 30.0 Å². The van der Waals surface area contributed by atoms with Crippen LogP contribution in [0.5, 0.6) is 0 Å². The van der Waals surface area contributed by atoms with E-state index >= 15 is 0 Å². The van der Waals surface area contributed by atoms with Crippen LogP contribution in [-0.2, 0) is 11.2 Å². The Hall–Kier alpha value is -0.670. The summed E-state index contributed by atoms with van der Waals surface area (Å²) >= 11 is 9.20. The van der Waals surface area contributed by atoms with Crippen LogP contribution in [0.15, 0.2) is 29.0 Å². The monoisotopic (exact) mass is 299 g/mol. The van der Waals surface area contributed by atoms with E-state index in [4.69, 9.17) is 11.6 Å². The van der Waals surface area contributed by atoms with Crippen LogP contribution in [0.2, 0.25) is 5.02 Å². The molecule has 1 aliphatic carbocycles. The molecule has 0 aliphatic heterocycles. The molecule has 0 amide bonds. The number of halogens is 2. The summed E-state index contributed by atoms with van der Waals surface area (Å²) in [5.74, 6) is 0.394. The van der Waals surface area contributed by atoms with E-state index in [2.05, 4.69) is 27.0 Å². The fourth-order valence-electron chi connectivity index (χ4n) is 1.81. The van der Waals surface area contributed by atoms with Crippen molar-refractivity contribution >= 4 is 33.3 Å². The first-order valence-corrected chi connectivity index (χ1v) is 6.31. The molecule has 0 aromatic carbocycles. The summed E-state index contributed by atoms with van der Waals surface area (Å²) in [5, 5.41) is 0.594. The third-order valence-corrected chi connectivity index (χ3v) is 3.84. The largest absolute Gasteiger partial charge is 0.299 e. The summed E-state index contributed by atoms with van der Waals surface area (Å²) in [4.78, 5) is 15.8. The lowest BCUT2D eigenvalue weighted by Gasteiger charge is -2.16. The summed E-state index contributed by atoms with van der Waals surface area (Å²) in [7, 11) is 0. The van der Waals surface area contributed by atoms with E-state index in [0.717, 1.165) is 18.4 Å². The van der Waals surface area contributed by atoms with E-state index < -0.39 is 0 Å². The molecule has 1 aliphatic rings. The number of aromatic nitrogens is 1. The lowest BCUT2D eigenvalue weighted by molar-refractivity contribution is -0.122. The van der Waals surface area contributed by atoms with Crippen molar-refractivity contribution in [1.82, 2.24) is 4.98 Å². The highest BCUT2D eigenvalue weighted by molar-refractivity contribution is 9.10. The third kappa shape index (κ3) is 2.71. The van der Waals surface area contributed by atoms with Gasteiger partial charge in [0.1, 0.15) is 10.4 Å². The zero-order chi connectivity index (χ0) is 11.5. The molecular formula is C12H11BrClNO. The number of hydrogen-bond donors (Lipinski definition) is 0. The first-order valence-electron chi connectivity index (χ1n) is 5.14. The second kappa shape index (κ2) is 5.11. The molecule has 1 aromatic rings. The van der Waals surface area contributed by atoms with Crippen LogP contribution >= 0.6 is 27.5 Å². The van der Waals surface area contributed by atoms with Crippen LogP contribution in [0.25, 0.3) is 0 Å². The van der Waals surface area contributed by atoms with E-state index in [1.807, 2.05) is 12.1 Å². The Balaban J connectivity index is 2.11. The highest BCUT2D eigenvalue weighted by atomic mass is 79.9. The molecule has 2 nitrogen and oxygen atoms in total. The Labute approximate surface area is 108 Å². The van der Waals surface area contributed by atoms with Gasteiger partial charge in [0.2, 0.25) is 0 Å². The van der Waals surface area contributed by atoms with Crippen molar-refractivity contribution in [3.8, 4) is 0 Å². The molecule has 0 saturated carbocycles. The van der Waals surface area contributed by atoms with Crippen LogP contribution in [0.4, 0.5) is 0 Å². The van der Waals surface area contributed by atoms with Gasteiger partial charge in [-0.25, -0.2) is 4.98 Å². The Morgan fingerprint density at radius 1 is 1.50 bits per heavy atom. The number of rotatable bonds is 2. The molecule has 4 heteroatoms. The number of allylic oxidation sites excluding steroid dienone is 2. The molecule has 0 N–H and O–H groups in total. The molecule has 0 bridgehead atoms. The normalized spacial score (nSPS) is 20.1. The maximum Gasteiger partial charge on any atom is 0.140 e. The maximum atomic E-state index is 11.6. The standard InChI is InChI=1S/C12H11BrClNO/c13-12-10(14)6-8(7-15-12)5-9-3-1-2-4-11(9)16/h1-2,6-7,9H,3-5H2. The zero-order valence-corrected chi connectivity index (χ0v) is 11.0. The summed E-state index contributed by atoms with van der Waals surface area (Å²) in [6.07, 6.45) is 7.88. The van der Waals surface area contributed by atoms with Gasteiger partial charge in [-0.05, 0) is 40.4 Å². The van der Waals surface area contributed by atoms with Crippen molar-refractivity contribution in [2.45, 2.75) is 19.3 Å². The highest BCUT2D eigenvalue weighted by Crippen LogP contribution is 2.24. The maximum absolute atomic E-state index is 11.6. The van der Waals surface area contributed by atoms with Crippen molar-refractivity contribution in [2.24, 2.45) is 5.92 Å². The predicted molar refractivity (Wildman–Crippen MR) is 67.5 cm³/mol. The van der Waals surface area contributed by atoms with Gasteiger partial charge < -0.3 is 0 Å². The number of nitrogens with zero attached hydrogens (tertiary/aromatic N) is 1. The van der Waals surface area contributed by atoms with Gasteiger partial charge in [-0.3, -0.25) is 4.79 Å². The van der Waals surface area contributed by atoms with Crippen LogP contribution < -0.4 is 0 Å². The Kier molecular flexibility index (Phi) is 3.77. The van der Waals surface area contributed by atoms with Crippen molar-refractivity contribution in [1.29, 1.82) is 0 Å².